The number of terminal acetylenes is 1. The summed E-state index contributed by atoms with van der Waals surface area (Å²) in [6.45, 7) is 4.00. The van der Waals surface area contributed by atoms with Crippen molar-refractivity contribution in [3.05, 3.63) is 48.0 Å². The molecule has 0 nitrogen and oxygen atoms in total. The Labute approximate surface area is 91.9 Å². The summed E-state index contributed by atoms with van der Waals surface area (Å²) in [6.07, 6.45) is 6.01. The second-order valence-corrected chi connectivity index (χ2v) is 3.02. The molecule has 0 heteroatoms. The quantitative estimate of drug-likeness (QED) is 0.604. The highest BCUT2D eigenvalue weighted by molar-refractivity contribution is 5.85. The summed E-state index contributed by atoms with van der Waals surface area (Å²) in [5.41, 5.74) is 1.24. The second kappa shape index (κ2) is 5.88. The van der Waals surface area contributed by atoms with Crippen molar-refractivity contribution in [2.75, 3.05) is 0 Å². The lowest BCUT2D eigenvalue weighted by Crippen LogP contribution is -1.83. The van der Waals surface area contributed by atoms with Crippen molar-refractivity contribution in [3.63, 3.8) is 0 Å². The molecule has 0 amide bonds. The molecule has 0 fully saturated rings. The van der Waals surface area contributed by atoms with Gasteiger partial charge < -0.3 is 0 Å². The van der Waals surface area contributed by atoms with Crippen molar-refractivity contribution >= 4 is 10.8 Å². The molecule has 0 heterocycles. The van der Waals surface area contributed by atoms with Crippen molar-refractivity contribution in [2.24, 2.45) is 0 Å². The van der Waals surface area contributed by atoms with Crippen LogP contribution in [0, 0.1) is 12.3 Å². The molecule has 0 N–H and O–H groups in total. The summed E-state index contributed by atoms with van der Waals surface area (Å²) < 4.78 is 0. The van der Waals surface area contributed by atoms with E-state index in [1.807, 2.05) is 26.0 Å². The summed E-state index contributed by atoms with van der Waals surface area (Å²) in [7, 11) is 0. The van der Waals surface area contributed by atoms with Gasteiger partial charge >= 0.3 is 0 Å². The van der Waals surface area contributed by atoms with Gasteiger partial charge in [0.2, 0.25) is 0 Å². The monoisotopic (exact) mass is 196 g/mol. The molecule has 0 radical (unpaired) electrons. The van der Waals surface area contributed by atoms with Gasteiger partial charge in [-0.1, -0.05) is 56.3 Å². The van der Waals surface area contributed by atoms with Gasteiger partial charge in [0.25, 0.3) is 0 Å². The third kappa shape index (κ3) is 2.60. The molecule has 0 unspecified atom stereocenters. The Morgan fingerprint density at radius 3 is 2.40 bits per heavy atom. The maximum absolute atomic E-state index is 5.30. The maximum atomic E-state index is 5.30. The van der Waals surface area contributed by atoms with Gasteiger partial charge in [0.1, 0.15) is 0 Å². The Balaban J connectivity index is 0.000000531. The highest BCUT2D eigenvalue weighted by Crippen LogP contribution is 2.18. The van der Waals surface area contributed by atoms with Crippen LogP contribution < -0.4 is 0 Å². The molecule has 2 aromatic carbocycles. The molecule has 15 heavy (non-hydrogen) atoms. The Bertz CT molecular complexity index is 455. The number of fused-ring (bicyclic) bond motifs is 1. The molecular formula is C15H16. The molecule has 0 atom stereocenters. The van der Waals surface area contributed by atoms with E-state index in [0.717, 1.165) is 0 Å². The predicted molar refractivity (Wildman–Crippen MR) is 67.8 cm³/mol. The van der Waals surface area contributed by atoms with Crippen LogP contribution in [0.25, 0.3) is 10.8 Å². The van der Waals surface area contributed by atoms with Gasteiger partial charge in [0, 0.05) is 6.42 Å². The Morgan fingerprint density at radius 2 is 1.67 bits per heavy atom. The van der Waals surface area contributed by atoms with E-state index in [1.165, 1.54) is 16.3 Å². The fraction of sp³-hybridized carbons (Fsp3) is 0.200. The molecule has 76 valence electrons. The molecule has 0 saturated carbocycles. The summed E-state index contributed by atoms with van der Waals surface area (Å²) in [5, 5.41) is 2.53. The minimum atomic E-state index is 0.710. The van der Waals surface area contributed by atoms with Crippen LogP contribution in [0.3, 0.4) is 0 Å². The number of hydrogen-bond donors (Lipinski definition) is 0. The predicted octanol–water partition coefficient (Wildman–Crippen LogP) is 4.04. The van der Waals surface area contributed by atoms with Crippen LogP contribution in [-0.2, 0) is 6.42 Å². The van der Waals surface area contributed by atoms with E-state index >= 15 is 0 Å². The fourth-order valence-electron chi connectivity index (χ4n) is 1.56. The first-order chi connectivity index (χ1) is 7.42. The minimum absolute atomic E-state index is 0.710. The molecule has 0 aliphatic carbocycles. The zero-order valence-electron chi connectivity index (χ0n) is 9.33. The third-order valence-corrected chi connectivity index (χ3v) is 2.17. The molecule has 0 bridgehead atoms. The van der Waals surface area contributed by atoms with E-state index < -0.39 is 0 Å². The molecule has 0 saturated heterocycles. The van der Waals surface area contributed by atoms with Crippen LogP contribution in [0.1, 0.15) is 19.4 Å². The van der Waals surface area contributed by atoms with Crippen molar-refractivity contribution in [1.29, 1.82) is 0 Å². The molecule has 0 aliphatic heterocycles. The van der Waals surface area contributed by atoms with Crippen molar-refractivity contribution in [1.82, 2.24) is 0 Å². The lowest BCUT2D eigenvalue weighted by Gasteiger charge is -2.01. The Kier molecular flexibility index (Phi) is 4.44. The maximum Gasteiger partial charge on any atom is 0.0343 e. The smallest absolute Gasteiger partial charge is 0.0343 e. The molecule has 0 aromatic heterocycles. The topological polar surface area (TPSA) is 0 Å². The lowest BCUT2D eigenvalue weighted by molar-refractivity contribution is 1.36. The molecule has 2 rings (SSSR count). The minimum Gasteiger partial charge on any atom is -0.120 e. The average Bonchev–Trinajstić information content (AvgIpc) is 2.33. The van der Waals surface area contributed by atoms with E-state index in [0.29, 0.717) is 6.42 Å². The largest absolute Gasteiger partial charge is 0.120 e. The standard InChI is InChI=1S/C13H10.C2H6/c1-2-6-11-8-5-9-12-7-3-4-10-13(11)12;1-2/h1,3-5,7-10H,6H2;1-2H3. The number of benzene rings is 2. The van der Waals surface area contributed by atoms with E-state index in [-0.39, 0.29) is 0 Å². The fourth-order valence-corrected chi connectivity index (χ4v) is 1.56. The van der Waals surface area contributed by atoms with Gasteiger partial charge in [-0.05, 0) is 16.3 Å². The van der Waals surface area contributed by atoms with E-state index in [2.05, 4.69) is 36.3 Å². The first kappa shape index (κ1) is 11.3. The third-order valence-electron chi connectivity index (χ3n) is 2.17. The summed E-state index contributed by atoms with van der Waals surface area (Å²) in [5.74, 6) is 2.68. The molecule has 0 spiro atoms. The summed E-state index contributed by atoms with van der Waals surface area (Å²) in [4.78, 5) is 0. The first-order valence-corrected chi connectivity index (χ1v) is 5.32. The van der Waals surface area contributed by atoms with Gasteiger partial charge in [0.05, 0.1) is 0 Å². The van der Waals surface area contributed by atoms with Crippen LogP contribution >= 0.6 is 0 Å². The highest BCUT2D eigenvalue weighted by Gasteiger charge is 1.96. The van der Waals surface area contributed by atoms with E-state index in [1.54, 1.807) is 0 Å². The van der Waals surface area contributed by atoms with Crippen LogP contribution in [-0.4, -0.2) is 0 Å². The van der Waals surface area contributed by atoms with E-state index in [4.69, 9.17) is 6.42 Å². The van der Waals surface area contributed by atoms with Crippen molar-refractivity contribution < 1.29 is 0 Å². The Morgan fingerprint density at radius 1 is 1.00 bits per heavy atom. The van der Waals surface area contributed by atoms with Crippen molar-refractivity contribution in [3.8, 4) is 12.3 Å². The first-order valence-electron chi connectivity index (χ1n) is 5.32. The van der Waals surface area contributed by atoms with Crippen LogP contribution in [0.5, 0.6) is 0 Å². The molecular weight excluding hydrogens is 180 g/mol. The van der Waals surface area contributed by atoms with Gasteiger partial charge in [-0.25, -0.2) is 0 Å². The number of rotatable bonds is 1. The molecule has 2 aromatic rings. The van der Waals surface area contributed by atoms with Crippen molar-refractivity contribution in [2.45, 2.75) is 20.3 Å². The Hall–Kier alpha value is -1.74. The summed E-state index contributed by atoms with van der Waals surface area (Å²) >= 11 is 0. The normalized spacial score (nSPS) is 8.87. The summed E-state index contributed by atoms with van der Waals surface area (Å²) in [6, 6.07) is 14.5. The lowest BCUT2D eigenvalue weighted by atomic mass is 10.0. The molecule has 0 aliphatic rings. The van der Waals surface area contributed by atoms with Crippen LogP contribution in [0.2, 0.25) is 0 Å². The number of hydrogen-bond acceptors (Lipinski definition) is 0. The zero-order chi connectivity index (χ0) is 11.1. The highest BCUT2D eigenvalue weighted by atomic mass is 14.0. The van der Waals surface area contributed by atoms with Gasteiger partial charge in [-0.15, -0.1) is 12.3 Å². The second-order valence-electron chi connectivity index (χ2n) is 3.02. The van der Waals surface area contributed by atoms with E-state index in [9.17, 15) is 0 Å². The zero-order valence-corrected chi connectivity index (χ0v) is 9.33. The SMILES string of the molecule is C#CCc1cccc2ccccc12.CC. The van der Waals surface area contributed by atoms with Gasteiger partial charge in [-0.2, -0.15) is 0 Å². The average molecular weight is 196 g/mol. The van der Waals surface area contributed by atoms with Crippen LogP contribution in [0.4, 0.5) is 0 Å². The van der Waals surface area contributed by atoms with Gasteiger partial charge in [0.15, 0.2) is 0 Å². The van der Waals surface area contributed by atoms with Gasteiger partial charge in [-0.3, -0.25) is 0 Å². The van der Waals surface area contributed by atoms with Crippen LogP contribution in [0.15, 0.2) is 42.5 Å².